The van der Waals surface area contributed by atoms with Crippen LogP contribution in [0.25, 0.3) is 0 Å². The van der Waals surface area contributed by atoms with Gasteiger partial charge in [0.25, 0.3) is 0 Å². The van der Waals surface area contributed by atoms with Gasteiger partial charge in [0.1, 0.15) is 6.61 Å². The van der Waals surface area contributed by atoms with Gasteiger partial charge in [0.05, 0.1) is 12.2 Å². The van der Waals surface area contributed by atoms with Crippen molar-refractivity contribution in [2.45, 2.75) is 52.4 Å². The highest BCUT2D eigenvalue weighted by molar-refractivity contribution is 5.89. The van der Waals surface area contributed by atoms with Crippen molar-refractivity contribution in [3.05, 3.63) is 35.9 Å². The highest BCUT2D eigenvalue weighted by Gasteiger charge is 2.04. The van der Waals surface area contributed by atoms with E-state index in [1.807, 2.05) is 18.2 Å². The predicted octanol–water partition coefficient (Wildman–Crippen LogP) is 4.86. The number of ether oxygens (including phenoxy) is 2. The van der Waals surface area contributed by atoms with E-state index >= 15 is 0 Å². The van der Waals surface area contributed by atoms with Crippen molar-refractivity contribution >= 4 is 5.97 Å². The lowest BCUT2D eigenvalue weighted by Crippen LogP contribution is -2.11. The molecule has 1 aromatic rings. The van der Waals surface area contributed by atoms with E-state index in [-0.39, 0.29) is 5.97 Å². The van der Waals surface area contributed by atoms with Gasteiger partial charge in [-0.05, 0) is 24.5 Å². The van der Waals surface area contributed by atoms with Gasteiger partial charge in [0, 0.05) is 6.61 Å². The molecule has 0 aromatic heterocycles. The molecule has 0 unspecified atom stereocenters. The SMILES string of the molecule is CC(C)CCCCCCCOCCOC(=O)c1ccccc1. The zero-order valence-corrected chi connectivity index (χ0v) is 14.1. The van der Waals surface area contributed by atoms with Crippen LogP contribution in [0.5, 0.6) is 0 Å². The molecule has 0 spiro atoms. The van der Waals surface area contributed by atoms with Crippen LogP contribution in [0.1, 0.15) is 62.7 Å². The maximum absolute atomic E-state index is 11.7. The number of carbonyl (C=O) groups excluding carboxylic acids is 1. The second-order valence-corrected chi connectivity index (χ2v) is 6.06. The average molecular weight is 306 g/mol. The lowest BCUT2D eigenvalue weighted by molar-refractivity contribution is 0.0312. The number of unbranched alkanes of at least 4 members (excludes halogenated alkanes) is 4. The van der Waals surface area contributed by atoms with Crippen LogP contribution < -0.4 is 0 Å². The van der Waals surface area contributed by atoms with Crippen molar-refractivity contribution in [3.8, 4) is 0 Å². The molecule has 0 amide bonds. The first kappa shape index (κ1) is 18.7. The minimum absolute atomic E-state index is 0.283. The van der Waals surface area contributed by atoms with Crippen LogP contribution >= 0.6 is 0 Å². The Bertz CT molecular complexity index is 387. The molecule has 1 aromatic carbocycles. The van der Waals surface area contributed by atoms with Crippen molar-refractivity contribution in [2.75, 3.05) is 19.8 Å². The summed E-state index contributed by atoms with van der Waals surface area (Å²) in [6.07, 6.45) is 7.61. The summed E-state index contributed by atoms with van der Waals surface area (Å²) in [5.74, 6) is 0.538. The Kier molecular flexibility index (Phi) is 10.4. The summed E-state index contributed by atoms with van der Waals surface area (Å²) < 4.78 is 10.6. The zero-order chi connectivity index (χ0) is 16.0. The fourth-order valence-electron chi connectivity index (χ4n) is 2.24. The maximum atomic E-state index is 11.7. The minimum Gasteiger partial charge on any atom is -0.460 e. The van der Waals surface area contributed by atoms with E-state index in [0.29, 0.717) is 18.8 Å². The molecule has 1 rings (SSSR count). The van der Waals surface area contributed by atoms with Crippen molar-refractivity contribution in [3.63, 3.8) is 0 Å². The molecular formula is C19H30O3. The first-order valence-corrected chi connectivity index (χ1v) is 8.50. The van der Waals surface area contributed by atoms with Crippen molar-refractivity contribution in [1.82, 2.24) is 0 Å². The molecule has 0 N–H and O–H groups in total. The molecule has 0 aliphatic rings. The Labute approximate surface area is 135 Å². The summed E-state index contributed by atoms with van der Waals surface area (Å²) in [5, 5.41) is 0. The van der Waals surface area contributed by atoms with Crippen LogP contribution in [0.3, 0.4) is 0 Å². The van der Waals surface area contributed by atoms with Crippen molar-refractivity contribution in [1.29, 1.82) is 0 Å². The molecule has 0 fully saturated rings. The summed E-state index contributed by atoms with van der Waals surface area (Å²) >= 11 is 0. The van der Waals surface area contributed by atoms with E-state index in [4.69, 9.17) is 9.47 Å². The molecular weight excluding hydrogens is 276 g/mol. The molecule has 0 atom stereocenters. The molecule has 0 heterocycles. The summed E-state index contributed by atoms with van der Waals surface area (Å²) in [4.78, 5) is 11.7. The molecule has 3 heteroatoms. The predicted molar refractivity (Wildman–Crippen MR) is 90.1 cm³/mol. The minimum atomic E-state index is -0.283. The summed E-state index contributed by atoms with van der Waals surface area (Å²) in [6.45, 7) is 6.11. The van der Waals surface area contributed by atoms with Gasteiger partial charge in [-0.3, -0.25) is 0 Å². The van der Waals surface area contributed by atoms with Gasteiger partial charge in [0.2, 0.25) is 0 Å². The number of rotatable bonds is 12. The van der Waals surface area contributed by atoms with Crippen LogP contribution in [0, 0.1) is 5.92 Å². The number of hydrogen-bond acceptors (Lipinski definition) is 3. The fraction of sp³-hybridized carbons (Fsp3) is 0.632. The Balaban J connectivity index is 1.87. The van der Waals surface area contributed by atoms with Crippen LogP contribution in [-0.4, -0.2) is 25.8 Å². The normalized spacial score (nSPS) is 10.9. The first-order chi connectivity index (χ1) is 10.7. The largest absolute Gasteiger partial charge is 0.460 e. The van der Waals surface area contributed by atoms with E-state index in [0.717, 1.165) is 18.9 Å². The molecule has 0 saturated carbocycles. The van der Waals surface area contributed by atoms with Crippen molar-refractivity contribution in [2.24, 2.45) is 5.92 Å². The Morgan fingerprint density at radius 3 is 2.32 bits per heavy atom. The lowest BCUT2D eigenvalue weighted by atomic mass is 10.0. The second kappa shape index (κ2) is 12.2. The quantitative estimate of drug-likeness (QED) is 0.409. The number of benzene rings is 1. The van der Waals surface area contributed by atoms with Gasteiger partial charge < -0.3 is 9.47 Å². The highest BCUT2D eigenvalue weighted by Crippen LogP contribution is 2.10. The summed E-state index contributed by atoms with van der Waals surface area (Å²) in [5.41, 5.74) is 0.587. The van der Waals surface area contributed by atoms with Gasteiger partial charge in [-0.15, -0.1) is 0 Å². The van der Waals surface area contributed by atoms with Crippen LogP contribution in [0.15, 0.2) is 30.3 Å². The van der Waals surface area contributed by atoms with Crippen LogP contribution in [-0.2, 0) is 9.47 Å². The molecule has 0 radical (unpaired) electrons. The number of carbonyl (C=O) groups is 1. The third kappa shape index (κ3) is 9.56. The third-order valence-electron chi connectivity index (χ3n) is 3.54. The van der Waals surface area contributed by atoms with Gasteiger partial charge in [-0.2, -0.15) is 0 Å². The second-order valence-electron chi connectivity index (χ2n) is 6.06. The van der Waals surface area contributed by atoms with E-state index < -0.39 is 0 Å². The number of esters is 1. The van der Waals surface area contributed by atoms with Gasteiger partial charge in [-0.1, -0.05) is 64.2 Å². The highest BCUT2D eigenvalue weighted by atomic mass is 16.6. The molecule has 0 aliphatic carbocycles. The first-order valence-electron chi connectivity index (χ1n) is 8.50. The lowest BCUT2D eigenvalue weighted by Gasteiger charge is -2.07. The van der Waals surface area contributed by atoms with Crippen LogP contribution in [0.2, 0.25) is 0 Å². The Hall–Kier alpha value is -1.35. The topological polar surface area (TPSA) is 35.5 Å². The maximum Gasteiger partial charge on any atom is 0.338 e. The standard InChI is InChI=1S/C19H30O3/c1-17(2)11-7-4-3-5-10-14-21-15-16-22-19(20)18-12-8-6-9-13-18/h6,8-9,12-13,17H,3-5,7,10-11,14-16H2,1-2H3. The molecule has 22 heavy (non-hydrogen) atoms. The van der Waals surface area contributed by atoms with E-state index in [1.165, 1.54) is 32.1 Å². The van der Waals surface area contributed by atoms with Crippen molar-refractivity contribution < 1.29 is 14.3 Å². The molecule has 124 valence electrons. The summed E-state index contributed by atoms with van der Waals surface area (Å²) in [7, 11) is 0. The molecule has 3 nitrogen and oxygen atoms in total. The van der Waals surface area contributed by atoms with E-state index in [9.17, 15) is 4.79 Å². The van der Waals surface area contributed by atoms with Gasteiger partial charge in [0.15, 0.2) is 0 Å². The molecule has 0 saturated heterocycles. The third-order valence-corrected chi connectivity index (χ3v) is 3.54. The fourth-order valence-corrected chi connectivity index (χ4v) is 2.24. The van der Waals surface area contributed by atoms with E-state index in [2.05, 4.69) is 13.8 Å². The smallest absolute Gasteiger partial charge is 0.338 e. The average Bonchev–Trinajstić information content (AvgIpc) is 2.53. The van der Waals surface area contributed by atoms with Crippen LogP contribution in [0.4, 0.5) is 0 Å². The number of hydrogen-bond donors (Lipinski definition) is 0. The van der Waals surface area contributed by atoms with Gasteiger partial charge in [-0.25, -0.2) is 4.79 Å². The molecule has 0 aliphatic heterocycles. The van der Waals surface area contributed by atoms with Gasteiger partial charge >= 0.3 is 5.97 Å². The Morgan fingerprint density at radius 2 is 1.59 bits per heavy atom. The summed E-state index contributed by atoms with van der Waals surface area (Å²) in [6, 6.07) is 9.04. The monoisotopic (exact) mass is 306 g/mol. The molecule has 0 bridgehead atoms. The zero-order valence-electron chi connectivity index (χ0n) is 14.1. The Morgan fingerprint density at radius 1 is 0.909 bits per heavy atom. The van der Waals surface area contributed by atoms with E-state index in [1.54, 1.807) is 12.1 Å².